The van der Waals surface area contributed by atoms with Gasteiger partial charge >= 0.3 is 0 Å². The number of carbonyl (C=O) groups excluding carboxylic acids is 1. The van der Waals surface area contributed by atoms with E-state index in [1.165, 1.54) is 0 Å². The van der Waals surface area contributed by atoms with Crippen LogP contribution in [0.2, 0.25) is 0 Å². The van der Waals surface area contributed by atoms with Gasteiger partial charge in [-0.3, -0.25) is 4.79 Å². The third-order valence-electron chi connectivity index (χ3n) is 3.73. The lowest BCUT2D eigenvalue weighted by atomic mass is 10.1. The lowest BCUT2D eigenvalue weighted by molar-refractivity contribution is 0.0787. The van der Waals surface area contributed by atoms with E-state index in [1.807, 2.05) is 30.1 Å². The first-order chi connectivity index (χ1) is 9.28. The minimum Gasteiger partial charge on any atom is -0.345 e. The predicted octanol–water partition coefficient (Wildman–Crippen LogP) is 1.24. The first kappa shape index (κ1) is 12.2. The number of hydrogen-bond acceptors (Lipinski definition) is 3. The maximum atomic E-state index is 12.4. The third-order valence-corrected chi connectivity index (χ3v) is 3.73. The molecule has 0 bridgehead atoms. The van der Waals surface area contributed by atoms with Crippen LogP contribution < -0.4 is 5.32 Å². The maximum Gasteiger partial charge on any atom is 0.253 e. The fourth-order valence-corrected chi connectivity index (χ4v) is 2.72. The molecular formula is C14H18N4O. The molecule has 1 aliphatic rings. The molecule has 1 amide bonds. The van der Waals surface area contributed by atoms with Crippen molar-refractivity contribution in [2.75, 3.05) is 26.7 Å². The van der Waals surface area contributed by atoms with Gasteiger partial charge in [-0.05, 0) is 44.1 Å². The van der Waals surface area contributed by atoms with Crippen molar-refractivity contribution in [3.8, 4) is 0 Å². The molecule has 19 heavy (non-hydrogen) atoms. The number of aromatic nitrogens is 2. The number of aromatic amines is 1. The van der Waals surface area contributed by atoms with Gasteiger partial charge in [0.15, 0.2) is 0 Å². The van der Waals surface area contributed by atoms with E-state index in [9.17, 15) is 4.79 Å². The van der Waals surface area contributed by atoms with Crippen LogP contribution in [0, 0.1) is 5.92 Å². The quantitative estimate of drug-likeness (QED) is 0.871. The van der Waals surface area contributed by atoms with Gasteiger partial charge in [-0.25, -0.2) is 4.98 Å². The van der Waals surface area contributed by atoms with Crippen molar-refractivity contribution in [1.29, 1.82) is 0 Å². The smallest absolute Gasteiger partial charge is 0.253 e. The predicted molar refractivity (Wildman–Crippen MR) is 74.0 cm³/mol. The van der Waals surface area contributed by atoms with Crippen molar-refractivity contribution in [2.24, 2.45) is 5.92 Å². The fraction of sp³-hybridized carbons (Fsp3) is 0.429. The van der Waals surface area contributed by atoms with E-state index in [1.54, 1.807) is 6.33 Å². The Bertz CT molecular complexity index is 592. The van der Waals surface area contributed by atoms with Crippen LogP contribution in [0.25, 0.3) is 11.0 Å². The van der Waals surface area contributed by atoms with Crippen molar-refractivity contribution in [2.45, 2.75) is 6.42 Å². The first-order valence-electron chi connectivity index (χ1n) is 6.65. The molecule has 1 aromatic heterocycles. The number of H-pyrrole nitrogens is 1. The van der Waals surface area contributed by atoms with E-state index < -0.39 is 0 Å². The summed E-state index contributed by atoms with van der Waals surface area (Å²) < 4.78 is 0. The lowest BCUT2D eigenvalue weighted by Crippen LogP contribution is -2.30. The summed E-state index contributed by atoms with van der Waals surface area (Å²) in [4.78, 5) is 21.6. The molecule has 3 rings (SSSR count). The zero-order chi connectivity index (χ0) is 13.2. The van der Waals surface area contributed by atoms with E-state index in [0.29, 0.717) is 5.92 Å². The molecular weight excluding hydrogens is 240 g/mol. The standard InChI is InChI=1S/C14H18N4O/c1-15-7-10-4-5-18(8-10)14(19)11-2-3-12-13(6-11)17-9-16-12/h2-3,6,9-10,15H,4-5,7-8H2,1H3,(H,16,17). The number of nitrogens with one attached hydrogen (secondary N) is 2. The summed E-state index contributed by atoms with van der Waals surface area (Å²) in [7, 11) is 1.96. The second-order valence-electron chi connectivity index (χ2n) is 5.10. The van der Waals surface area contributed by atoms with E-state index in [-0.39, 0.29) is 5.91 Å². The molecule has 1 saturated heterocycles. The SMILES string of the molecule is CNCC1CCN(C(=O)c2ccc3nc[nH]c3c2)C1. The van der Waals surface area contributed by atoms with Gasteiger partial charge in [-0.15, -0.1) is 0 Å². The Morgan fingerprint density at radius 3 is 3.32 bits per heavy atom. The molecule has 1 aromatic carbocycles. The summed E-state index contributed by atoms with van der Waals surface area (Å²) >= 11 is 0. The van der Waals surface area contributed by atoms with Crippen LogP contribution in [0.3, 0.4) is 0 Å². The molecule has 5 heteroatoms. The molecule has 0 spiro atoms. The molecule has 5 nitrogen and oxygen atoms in total. The van der Waals surface area contributed by atoms with Crippen LogP contribution in [0.15, 0.2) is 24.5 Å². The molecule has 1 aliphatic heterocycles. The van der Waals surface area contributed by atoms with Crippen molar-refractivity contribution in [1.82, 2.24) is 20.2 Å². The first-order valence-corrected chi connectivity index (χ1v) is 6.65. The highest BCUT2D eigenvalue weighted by molar-refractivity contribution is 5.97. The van der Waals surface area contributed by atoms with Crippen LogP contribution in [0.1, 0.15) is 16.8 Å². The van der Waals surface area contributed by atoms with Crippen LogP contribution in [-0.2, 0) is 0 Å². The van der Waals surface area contributed by atoms with Gasteiger partial charge in [0, 0.05) is 18.7 Å². The Kier molecular flexibility index (Phi) is 3.21. The Labute approximate surface area is 112 Å². The number of carbonyl (C=O) groups is 1. The number of nitrogens with zero attached hydrogens (tertiary/aromatic N) is 2. The van der Waals surface area contributed by atoms with Crippen molar-refractivity contribution < 1.29 is 4.79 Å². The number of imidazole rings is 1. The number of likely N-dealkylation sites (tertiary alicyclic amines) is 1. The minimum atomic E-state index is 0.120. The molecule has 0 aliphatic carbocycles. The molecule has 1 unspecified atom stereocenters. The van der Waals surface area contributed by atoms with Gasteiger partial charge in [0.25, 0.3) is 5.91 Å². The zero-order valence-electron chi connectivity index (χ0n) is 11.0. The minimum absolute atomic E-state index is 0.120. The van der Waals surface area contributed by atoms with Crippen LogP contribution in [-0.4, -0.2) is 47.5 Å². The highest BCUT2D eigenvalue weighted by Gasteiger charge is 2.26. The summed E-state index contributed by atoms with van der Waals surface area (Å²) in [6.07, 6.45) is 2.73. The Morgan fingerprint density at radius 2 is 2.47 bits per heavy atom. The fourth-order valence-electron chi connectivity index (χ4n) is 2.72. The summed E-state index contributed by atoms with van der Waals surface area (Å²) in [5.74, 6) is 0.694. The lowest BCUT2D eigenvalue weighted by Gasteiger charge is -2.16. The zero-order valence-corrected chi connectivity index (χ0v) is 11.0. The largest absolute Gasteiger partial charge is 0.345 e. The maximum absolute atomic E-state index is 12.4. The van der Waals surface area contributed by atoms with Gasteiger partial charge < -0.3 is 15.2 Å². The monoisotopic (exact) mass is 258 g/mol. The molecule has 1 fully saturated rings. The van der Waals surface area contributed by atoms with Gasteiger partial charge in [-0.1, -0.05) is 0 Å². The van der Waals surface area contributed by atoms with Gasteiger partial charge in [0.2, 0.25) is 0 Å². The number of rotatable bonds is 3. The van der Waals surface area contributed by atoms with Gasteiger partial charge in [0.1, 0.15) is 0 Å². The Morgan fingerprint density at radius 1 is 1.58 bits per heavy atom. The summed E-state index contributed by atoms with van der Waals surface area (Å²) in [5, 5.41) is 3.18. The van der Waals surface area contributed by atoms with Crippen molar-refractivity contribution >= 4 is 16.9 Å². The Hall–Kier alpha value is -1.88. The van der Waals surface area contributed by atoms with E-state index >= 15 is 0 Å². The van der Waals surface area contributed by atoms with E-state index in [4.69, 9.17) is 0 Å². The Balaban J connectivity index is 1.76. The summed E-state index contributed by atoms with van der Waals surface area (Å²) in [6, 6.07) is 5.63. The number of benzene rings is 1. The average Bonchev–Trinajstić information content (AvgIpc) is 3.05. The van der Waals surface area contributed by atoms with Crippen LogP contribution in [0.4, 0.5) is 0 Å². The molecule has 2 N–H and O–H groups in total. The number of amides is 1. The van der Waals surface area contributed by atoms with Crippen molar-refractivity contribution in [3.63, 3.8) is 0 Å². The average molecular weight is 258 g/mol. The molecule has 1 atom stereocenters. The van der Waals surface area contributed by atoms with Gasteiger partial charge in [0.05, 0.1) is 17.4 Å². The summed E-state index contributed by atoms with van der Waals surface area (Å²) in [6.45, 7) is 2.68. The second kappa shape index (κ2) is 5.01. The van der Waals surface area contributed by atoms with Crippen LogP contribution >= 0.6 is 0 Å². The second-order valence-corrected chi connectivity index (χ2v) is 5.10. The molecule has 0 radical (unpaired) electrons. The molecule has 0 saturated carbocycles. The highest BCUT2D eigenvalue weighted by Crippen LogP contribution is 2.19. The highest BCUT2D eigenvalue weighted by atomic mass is 16.2. The van der Waals surface area contributed by atoms with Gasteiger partial charge in [-0.2, -0.15) is 0 Å². The topological polar surface area (TPSA) is 61.0 Å². The molecule has 100 valence electrons. The van der Waals surface area contributed by atoms with Crippen molar-refractivity contribution in [3.05, 3.63) is 30.1 Å². The number of hydrogen-bond donors (Lipinski definition) is 2. The molecule has 2 aromatic rings. The third kappa shape index (κ3) is 2.33. The van der Waals surface area contributed by atoms with Crippen LogP contribution in [0.5, 0.6) is 0 Å². The van der Waals surface area contributed by atoms with E-state index in [2.05, 4.69) is 15.3 Å². The van der Waals surface area contributed by atoms with E-state index in [0.717, 1.165) is 42.7 Å². The number of fused-ring (bicyclic) bond motifs is 1. The normalized spacial score (nSPS) is 19.2. The summed E-state index contributed by atoms with van der Waals surface area (Å²) in [5.41, 5.74) is 2.55. The molecule has 2 heterocycles.